The minimum Gasteiger partial charge on any atom is -0.328 e. The molecule has 0 amide bonds. The summed E-state index contributed by atoms with van der Waals surface area (Å²) in [5.74, 6) is 0. The largest absolute Gasteiger partial charge is 2.00 e. The van der Waals surface area contributed by atoms with Crippen LogP contribution in [0.5, 0.6) is 0 Å². The number of allylic oxidation sites excluding steroid dienone is 8. The summed E-state index contributed by atoms with van der Waals surface area (Å²) in [6, 6.07) is 0. The Labute approximate surface area is 356 Å². The quantitative estimate of drug-likeness (QED) is 0.0263. The number of rotatable bonds is 34. The summed E-state index contributed by atoms with van der Waals surface area (Å²) in [5.41, 5.74) is 0. The van der Waals surface area contributed by atoms with E-state index in [-0.39, 0.29) is 46.5 Å². The second kappa shape index (κ2) is 51.2. The van der Waals surface area contributed by atoms with Crippen LogP contribution in [0.4, 0.5) is 0 Å². The van der Waals surface area contributed by atoms with Gasteiger partial charge >= 0.3 is 21.7 Å². The normalized spacial score (nSPS) is 12.4. The number of halogens is 2. The summed E-state index contributed by atoms with van der Waals surface area (Å²) in [7, 11) is 4.94. The van der Waals surface area contributed by atoms with Crippen molar-refractivity contribution >= 4 is 24.8 Å². The third kappa shape index (κ3) is 52.3. The third-order valence-corrected chi connectivity index (χ3v) is 10.4. The first-order chi connectivity index (χ1) is 24.1. The second-order valence-electron chi connectivity index (χ2n) is 16.0. The van der Waals surface area contributed by atoms with Crippen LogP contribution in [0.25, 0.3) is 0 Å². The van der Waals surface area contributed by atoms with Crippen LogP contribution >= 0.6 is 24.8 Å². The molecular weight excluding hydrogens is 709 g/mol. The van der Waals surface area contributed by atoms with Crippen LogP contribution in [-0.4, -0.2) is 31.7 Å². The molecule has 0 radical (unpaired) electrons. The SMILES string of the molecule is CCCCCCCCCCCCCCCCCC[N+](C)(C)CCCCCCCCCCCCCCCCCC.Cl.Cl.[C-]1=CC=CC1.[C-]1=CC=CC1.[Ti+2]. The molecule has 2 rings (SSSR count). The number of hydrogen-bond donors (Lipinski definition) is 0. The van der Waals surface area contributed by atoms with Crippen molar-refractivity contribution in [1.29, 1.82) is 0 Å². The van der Waals surface area contributed by atoms with Crippen LogP contribution in [0.1, 0.15) is 232 Å². The monoisotopic (exact) mass is 801 g/mol. The van der Waals surface area contributed by atoms with Crippen molar-refractivity contribution in [2.75, 3.05) is 27.2 Å². The number of hydrogen-bond acceptors (Lipinski definition) is 0. The second-order valence-corrected chi connectivity index (χ2v) is 16.0. The number of nitrogens with zero attached hydrogens (tertiary/aromatic N) is 1. The Bertz CT molecular complexity index is 665. The predicted octanol–water partition coefficient (Wildman–Crippen LogP) is 17.0. The van der Waals surface area contributed by atoms with E-state index in [1.807, 2.05) is 24.3 Å². The molecule has 0 aromatic heterocycles. The molecule has 0 saturated carbocycles. The summed E-state index contributed by atoms with van der Waals surface area (Å²) >= 11 is 0. The van der Waals surface area contributed by atoms with Crippen molar-refractivity contribution in [3.05, 3.63) is 48.6 Å². The van der Waals surface area contributed by atoms with E-state index >= 15 is 0 Å². The van der Waals surface area contributed by atoms with Gasteiger partial charge in [0.2, 0.25) is 0 Å². The molecule has 4 heteroatoms. The average Bonchev–Trinajstić information content (AvgIpc) is 3.89. The molecule has 0 atom stereocenters. The molecule has 2 aliphatic rings. The fraction of sp³-hybridized carbons (Fsp3) is 0.833. The number of unbranched alkanes of at least 4 members (excludes halogenated alkanes) is 30. The zero-order chi connectivity index (χ0) is 35.6. The van der Waals surface area contributed by atoms with Gasteiger partial charge < -0.3 is 4.48 Å². The molecule has 0 aromatic carbocycles. The molecule has 0 bridgehead atoms. The minimum atomic E-state index is 0. The van der Waals surface area contributed by atoms with Crippen LogP contribution in [0.3, 0.4) is 0 Å². The van der Waals surface area contributed by atoms with Gasteiger partial charge in [0.15, 0.2) is 0 Å². The molecule has 0 aromatic rings. The first-order valence-corrected chi connectivity index (χ1v) is 22.4. The molecule has 0 spiro atoms. The Balaban J connectivity index is -0.000000753. The van der Waals surface area contributed by atoms with Gasteiger partial charge in [0, 0.05) is 0 Å². The van der Waals surface area contributed by atoms with Gasteiger partial charge in [0.05, 0.1) is 27.2 Å². The van der Waals surface area contributed by atoms with E-state index in [0.717, 1.165) is 12.8 Å². The van der Waals surface area contributed by atoms with Gasteiger partial charge in [-0.2, -0.15) is 12.2 Å². The summed E-state index contributed by atoms with van der Waals surface area (Å²) in [5, 5.41) is 0. The third-order valence-electron chi connectivity index (χ3n) is 10.4. The molecule has 2 aliphatic carbocycles. The van der Waals surface area contributed by atoms with E-state index in [1.165, 1.54) is 223 Å². The van der Waals surface area contributed by atoms with Crippen molar-refractivity contribution in [2.45, 2.75) is 232 Å². The van der Waals surface area contributed by atoms with Gasteiger partial charge in [-0.05, 0) is 25.7 Å². The Kier molecular flexibility index (Phi) is 58.0. The van der Waals surface area contributed by atoms with E-state index in [2.05, 4.69) is 52.2 Å². The molecule has 0 aliphatic heterocycles. The van der Waals surface area contributed by atoms with E-state index in [9.17, 15) is 0 Å². The zero-order valence-corrected chi connectivity index (χ0v) is 38.9. The van der Waals surface area contributed by atoms with Crippen LogP contribution < -0.4 is 0 Å². The smallest absolute Gasteiger partial charge is 0.328 e. The molecule has 306 valence electrons. The van der Waals surface area contributed by atoms with Gasteiger partial charge in [-0.25, -0.2) is 24.3 Å². The van der Waals surface area contributed by atoms with Gasteiger partial charge in [0.25, 0.3) is 0 Å². The molecule has 0 saturated heterocycles. The Morgan fingerprint density at radius 2 is 0.577 bits per heavy atom. The van der Waals surface area contributed by atoms with E-state index < -0.39 is 0 Å². The van der Waals surface area contributed by atoms with Gasteiger partial charge in [-0.1, -0.05) is 194 Å². The average molecular weight is 802 g/mol. The fourth-order valence-corrected chi connectivity index (χ4v) is 6.97. The van der Waals surface area contributed by atoms with E-state index in [1.54, 1.807) is 0 Å². The first kappa shape index (κ1) is 58.9. The summed E-state index contributed by atoms with van der Waals surface area (Å²) in [4.78, 5) is 0. The van der Waals surface area contributed by atoms with Crippen molar-refractivity contribution < 1.29 is 26.2 Å². The number of quaternary nitrogens is 1. The van der Waals surface area contributed by atoms with Gasteiger partial charge in [-0.3, -0.25) is 12.2 Å². The molecular formula is C48H92Cl2NTi+. The molecule has 1 nitrogen and oxygen atoms in total. The fourth-order valence-electron chi connectivity index (χ4n) is 6.97. The minimum absolute atomic E-state index is 0. The van der Waals surface area contributed by atoms with Crippen molar-refractivity contribution in [3.63, 3.8) is 0 Å². The van der Waals surface area contributed by atoms with E-state index in [0.29, 0.717) is 0 Å². The van der Waals surface area contributed by atoms with Crippen LogP contribution in [0, 0.1) is 12.2 Å². The Morgan fingerprint density at radius 3 is 0.731 bits per heavy atom. The van der Waals surface area contributed by atoms with Crippen LogP contribution in [0.15, 0.2) is 36.5 Å². The maximum atomic E-state index is 2.99. The topological polar surface area (TPSA) is 0 Å². The van der Waals surface area contributed by atoms with Gasteiger partial charge in [-0.15, -0.1) is 37.7 Å². The molecule has 52 heavy (non-hydrogen) atoms. The first-order valence-electron chi connectivity index (χ1n) is 22.4. The predicted molar refractivity (Wildman–Crippen MR) is 239 cm³/mol. The zero-order valence-electron chi connectivity index (χ0n) is 35.7. The van der Waals surface area contributed by atoms with Crippen molar-refractivity contribution in [2.24, 2.45) is 0 Å². The van der Waals surface area contributed by atoms with Crippen LogP contribution in [-0.2, 0) is 21.7 Å². The van der Waals surface area contributed by atoms with Crippen molar-refractivity contribution in [3.8, 4) is 0 Å². The maximum Gasteiger partial charge on any atom is 2.00 e. The maximum absolute atomic E-state index is 2.99. The molecule has 0 heterocycles. The Hall–Kier alpha value is 0.214. The molecule has 0 N–H and O–H groups in total. The summed E-state index contributed by atoms with van der Waals surface area (Å²) in [6.07, 6.45) is 66.9. The van der Waals surface area contributed by atoms with E-state index in [4.69, 9.17) is 0 Å². The summed E-state index contributed by atoms with van der Waals surface area (Å²) < 4.78 is 1.25. The standard InChI is InChI=1S/C38H80N.2C5H5.2ClH.Ti/c1-5-7-9-11-13-15-17-19-21-23-25-27-29-31-33-35-37-39(3,4)38-36-34-32-30-28-26-24-22-20-18-16-14-12-10-8-6-2;2*1-2-4-5-3-1;;;/h5-38H2,1-4H3;2*1-3H,4H2;2*1H;/q+1;2*-1;;;+2. The Morgan fingerprint density at radius 1 is 0.365 bits per heavy atom. The van der Waals surface area contributed by atoms with Gasteiger partial charge in [0.1, 0.15) is 0 Å². The summed E-state index contributed by atoms with van der Waals surface area (Å²) in [6.45, 7) is 7.39. The van der Waals surface area contributed by atoms with Crippen LogP contribution in [0.2, 0.25) is 0 Å². The van der Waals surface area contributed by atoms with Crippen molar-refractivity contribution in [1.82, 2.24) is 0 Å². The molecule has 0 unspecified atom stereocenters. The molecule has 0 fully saturated rings.